The van der Waals surface area contributed by atoms with Crippen LogP contribution >= 0.6 is 11.8 Å². The van der Waals surface area contributed by atoms with Gasteiger partial charge in [0.2, 0.25) is 5.91 Å². The third-order valence-corrected chi connectivity index (χ3v) is 5.58. The summed E-state index contributed by atoms with van der Waals surface area (Å²) in [4.78, 5) is 39.3. The molecular formula is C19H22N4O4S. The highest BCUT2D eigenvalue weighted by atomic mass is 32.2. The summed E-state index contributed by atoms with van der Waals surface area (Å²) in [6, 6.07) is 7.38. The van der Waals surface area contributed by atoms with Gasteiger partial charge >= 0.3 is 5.97 Å². The van der Waals surface area contributed by atoms with E-state index in [4.69, 9.17) is 4.74 Å². The van der Waals surface area contributed by atoms with Crippen LogP contribution in [0.2, 0.25) is 0 Å². The Morgan fingerprint density at radius 1 is 1.32 bits per heavy atom. The molecule has 1 aliphatic heterocycles. The summed E-state index contributed by atoms with van der Waals surface area (Å²) in [5.41, 5.74) is 2.77. The lowest BCUT2D eigenvalue weighted by molar-refractivity contribution is -0.152. The van der Waals surface area contributed by atoms with Crippen molar-refractivity contribution in [1.29, 1.82) is 0 Å². The van der Waals surface area contributed by atoms with Crippen molar-refractivity contribution in [2.24, 2.45) is 7.05 Å². The van der Waals surface area contributed by atoms with Gasteiger partial charge in [-0.25, -0.2) is 0 Å². The van der Waals surface area contributed by atoms with Crippen molar-refractivity contribution in [3.8, 4) is 0 Å². The smallest absolute Gasteiger partial charge is 0.326 e. The van der Waals surface area contributed by atoms with Crippen molar-refractivity contribution in [2.75, 3.05) is 22.5 Å². The molecule has 0 fully saturated rings. The number of hydrogen-bond donors (Lipinski definition) is 1. The molecule has 0 bridgehead atoms. The summed E-state index contributed by atoms with van der Waals surface area (Å²) in [6.07, 6.45) is -1.00. The summed E-state index contributed by atoms with van der Waals surface area (Å²) in [5.74, 6) is -0.995. The average Bonchev–Trinajstić information content (AvgIpc) is 2.90. The summed E-state index contributed by atoms with van der Waals surface area (Å²) < 4.78 is 6.92. The fraction of sp³-hybridized carbons (Fsp3) is 0.368. The van der Waals surface area contributed by atoms with Crippen LogP contribution < -0.4 is 10.2 Å². The largest absolute Gasteiger partial charge is 0.451 e. The first kappa shape index (κ1) is 19.9. The van der Waals surface area contributed by atoms with Crippen LogP contribution in [0.4, 0.5) is 11.4 Å². The van der Waals surface area contributed by atoms with Crippen LogP contribution in [0, 0.1) is 13.8 Å². The normalized spacial score (nSPS) is 14.4. The number of benzene rings is 1. The second-order valence-electron chi connectivity index (χ2n) is 6.53. The molecule has 0 radical (unpaired) electrons. The van der Waals surface area contributed by atoms with Crippen LogP contribution in [0.1, 0.15) is 18.3 Å². The Morgan fingerprint density at radius 3 is 2.71 bits per heavy atom. The number of anilines is 2. The molecule has 0 aliphatic carbocycles. The molecule has 1 atom stereocenters. The van der Waals surface area contributed by atoms with Gasteiger partial charge in [0.25, 0.3) is 5.91 Å². The first-order valence-corrected chi connectivity index (χ1v) is 9.79. The fourth-order valence-electron chi connectivity index (χ4n) is 2.92. The molecule has 0 saturated heterocycles. The van der Waals surface area contributed by atoms with Gasteiger partial charge in [-0.2, -0.15) is 5.10 Å². The maximum absolute atomic E-state index is 12.4. The van der Waals surface area contributed by atoms with Crippen LogP contribution in [-0.2, 0) is 26.2 Å². The number of esters is 1. The maximum atomic E-state index is 12.4. The van der Waals surface area contributed by atoms with Gasteiger partial charge in [-0.05, 0) is 32.9 Å². The summed E-state index contributed by atoms with van der Waals surface area (Å²) >= 11 is 1.44. The number of carbonyl (C=O) groups is 3. The predicted octanol–water partition coefficient (Wildman–Crippen LogP) is 2.05. The number of aryl methyl sites for hydroxylation is 2. The zero-order valence-electron chi connectivity index (χ0n) is 16.2. The maximum Gasteiger partial charge on any atom is 0.326 e. The summed E-state index contributed by atoms with van der Waals surface area (Å²) in [6.45, 7) is 4.88. The number of rotatable bonds is 5. The predicted molar refractivity (Wildman–Crippen MR) is 106 cm³/mol. The van der Waals surface area contributed by atoms with E-state index in [-0.39, 0.29) is 18.2 Å². The van der Waals surface area contributed by atoms with Gasteiger partial charge in [0, 0.05) is 11.9 Å². The molecule has 8 nitrogen and oxygen atoms in total. The number of aromatic nitrogens is 2. The monoisotopic (exact) mass is 402 g/mol. The van der Waals surface area contributed by atoms with Gasteiger partial charge < -0.3 is 10.1 Å². The standard InChI is InChI=1S/C19H22N4O4S/c1-11-18(12(2)22(4)21-11)20-19(26)13(3)27-17(25)9-23-14-7-5-6-8-15(14)28-10-16(23)24/h5-8,13H,9-10H2,1-4H3,(H,20,26)/t13-/m0/s1. The topological polar surface area (TPSA) is 93.5 Å². The molecule has 28 heavy (non-hydrogen) atoms. The molecule has 0 spiro atoms. The Balaban J connectivity index is 1.63. The zero-order chi connectivity index (χ0) is 20.4. The Kier molecular flexibility index (Phi) is 5.73. The molecule has 3 rings (SSSR count). The van der Waals surface area contributed by atoms with Crippen molar-refractivity contribution in [3.05, 3.63) is 35.7 Å². The lowest BCUT2D eigenvalue weighted by Crippen LogP contribution is -2.41. The molecule has 0 unspecified atom stereocenters. The van der Waals surface area contributed by atoms with E-state index in [2.05, 4.69) is 10.4 Å². The first-order valence-electron chi connectivity index (χ1n) is 8.80. The summed E-state index contributed by atoms with van der Waals surface area (Å²) in [5, 5.41) is 6.99. The Labute approximate surface area is 167 Å². The molecule has 1 N–H and O–H groups in total. The van der Waals surface area contributed by atoms with Gasteiger partial charge in [-0.3, -0.25) is 24.0 Å². The lowest BCUT2D eigenvalue weighted by Gasteiger charge is -2.28. The number of thioether (sulfide) groups is 1. The molecule has 1 aliphatic rings. The van der Waals surface area contributed by atoms with E-state index in [0.29, 0.717) is 17.1 Å². The van der Waals surface area contributed by atoms with Gasteiger partial charge in [-0.15, -0.1) is 11.8 Å². The van der Waals surface area contributed by atoms with E-state index in [9.17, 15) is 14.4 Å². The minimum Gasteiger partial charge on any atom is -0.451 e. The molecule has 2 aromatic rings. The molecule has 0 saturated carbocycles. The van der Waals surface area contributed by atoms with Crippen LogP contribution in [-0.4, -0.2) is 46.0 Å². The second-order valence-corrected chi connectivity index (χ2v) is 7.54. The Morgan fingerprint density at radius 2 is 2.04 bits per heavy atom. The molecule has 2 amide bonds. The molecule has 148 valence electrons. The van der Waals surface area contributed by atoms with Crippen LogP contribution in [0.15, 0.2) is 29.2 Å². The van der Waals surface area contributed by atoms with Crippen LogP contribution in [0.3, 0.4) is 0 Å². The van der Waals surface area contributed by atoms with Crippen LogP contribution in [0.25, 0.3) is 0 Å². The van der Waals surface area contributed by atoms with Crippen molar-refractivity contribution < 1.29 is 19.1 Å². The van der Waals surface area contributed by atoms with Gasteiger partial charge in [0.15, 0.2) is 6.10 Å². The van der Waals surface area contributed by atoms with Gasteiger partial charge in [0.05, 0.1) is 28.5 Å². The average molecular weight is 402 g/mol. The SMILES string of the molecule is Cc1nn(C)c(C)c1NC(=O)[C@H](C)OC(=O)CN1C(=O)CSc2ccccc21. The van der Waals surface area contributed by atoms with Crippen molar-refractivity contribution >= 4 is 40.9 Å². The van der Waals surface area contributed by atoms with Gasteiger partial charge in [0.1, 0.15) is 6.54 Å². The molecule has 9 heteroatoms. The number of fused-ring (bicyclic) bond motifs is 1. The number of amides is 2. The highest BCUT2D eigenvalue weighted by Crippen LogP contribution is 2.34. The van der Waals surface area contributed by atoms with Crippen molar-refractivity contribution in [1.82, 2.24) is 9.78 Å². The Bertz CT molecular complexity index is 940. The van der Waals surface area contributed by atoms with Crippen molar-refractivity contribution in [3.63, 3.8) is 0 Å². The highest BCUT2D eigenvalue weighted by Gasteiger charge is 2.28. The van der Waals surface area contributed by atoms with Crippen LogP contribution in [0.5, 0.6) is 0 Å². The van der Waals surface area contributed by atoms with E-state index in [1.54, 1.807) is 24.7 Å². The number of hydrogen-bond acceptors (Lipinski definition) is 6. The minimum atomic E-state index is -1.00. The third kappa shape index (κ3) is 4.04. The second kappa shape index (κ2) is 8.05. The van der Waals surface area contributed by atoms with E-state index in [0.717, 1.165) is 10.6 Å². The van der Waals surface area contributed by atoms with Gasteiger partial charge in [-0.1, -0.05) is 12.1 Å². The number of para-hydroxylation sites is 1. The minimum absolute atomic E-state index is 0.167. The number of nitrogens with zero attached hydrogens (tertiary/aromatic N) is 3. The molecular weight excluding hydrogens is 380 g/mol. The quantitative estimate of drug-likeness (QED) is 0.770. The van der Waals surface area contributed by atoms with E-state index in [1.165, 1.54) is 23.6 Å². The Hall–Kier alpha value is -2.81. The van der Waals surface area contributed by atoms with E-state index >= 15 is 0 Å². The number of nitrogens with one attached hydrogen (secondary N) is 1. The van der Waals surface area contributed by atoms with E-state index < -0.39 is 18.0 Å². The number of carbonyl (C=O) groups excluding carboxylic acids is 3. The molecule has 1 aromatic carbocycles. The fourth-order valence-corrected chi connectivity index (χ4v) is 3.86. The summed E-state index contributed by atoms with van der Waals surface area (Å²) in [7, 11) is 1.78. The number of ether oxygens (including phenoxy) is 1. The zero-order valence-corrected chi connectivity index (χ0v) is 17.0. The molecule has 1 aromatic heterocycles. The van der Waals surface area contributed by atoms with Crippen molar-refractivity contribution in [2.45, 2.75) is 31.8 Å². The lowest BCUT2D eigenvalue weighted by atomic mass is 10.2. The first-order chi connectivity index (χ1) is 13.3. The van der Waals surface area contributed by atoms with E-state index in [1.807, 2.05) is 25.1 Å². The molecule has 2 heterocycles. The third-order valence-electron chi connectivity index (χ3n) is 4.53. The highest BCUT2D eigenvalue weighted by molar-refractivity contribution is 8.00.